The minimum atomic E-state index is -0.499. The first-order chi connectivity index (χ1) is 8.29. The molecule has 1 N–H and O–H groups in total. The molecular formula is C10H7N5OS. The van der Waals surface area contributed by atoms with Gasteiger partial charge in [0.1, 0.15) is 24.3 Å². The molecule has 0 unspecified atom stereocenters. The molecule has 7 heteroatoms. The monoisotopic (exact) mass is 245 g/mol. The highest BCUT2D eigenvalue weighted by atomic mass is 32.1. The molecule has 17 heavy (non-hydrogen) atoms. The summed E-state index contributed by atoms with van der Waals surface area (Å²) in [6.07, 6.45) is 4.19. The summed E-state index contributed by atoms with van der Waals surface area (Å²) in [6.45, 7) is 0. The number of nitrogens with one attached hydrogen (secondary N) is 1. The van der Waals surface area contributed by atoms with Crippen LogP contribution in [0.4, 0.5) is 0 Å². The second kappa shape index (κ2) is 5.05. The summed E-state index contributed by atoms with van der Waals surface area (Å²) in [4.78, 5) is 12.5. The van der Waals surface area contributed by atoms with Crippen molar-refractivity contribution in [1.29, 1.82) is 5.26 Å². The molecule has 2 rings (SSSR count). The number of carbonyl (C=O) groups is 1. The van der Waals surface area contributed by atoms with Gasteiger partial charge in [0.15, 0.2) is 0 Å². The fraction of sp³-hybridized carbons (Fsp3) is 0. The Morgan fingerprint density at radius 1 is 1.53 bits per heavy atom. The maximum Gasteiger partial charge on any atom is 0.280 e. The van der Waals surface area contributed by atoms with Gasteiger partial charge in [-0.3, -0.25) is 10.2 Å². The molecule has 0 aromatic carbocycles. The van der Waals surface area contributed by atoms with Crippen LogP contribution in [0.15, 0.2) is 35.7 Å². The van der Waals surface area contributed by atoms with Crippen LogP contribution in [0.25, 0.3) is 6.08 Å². The normalized spacial score (nSPS) is 10.9. The summed E-state index contributed by atoms with van der Waals surface area (Å²) in [5.41, 5.74) is 2.48. The van der Waals surface area contributed by atoms with Crippen molar-refractivity contribution < 1.29 is 4.79 Å². The molecule has 2 heterocycles. The van der Waals surface area contributed by atoms with Crippen LogP contribution in [0.2, 0.25) is 0 Å². The van der Waals surface area contributed by atoms with Gasteiger partial charge in [-0.25, -0.2) is 4.68 Å². The summed E-state index contributed by atoms with van der Waals surface area (Å²) in [5, 5.41) is 17.9. The first-order valence-electron chi connectivity index (χ1n) is 4.61. The van der Waals surface area contributed by atoms with Crippen molar-refractivity contribution in [3.8, 4) is 6.07 Å². The lowest BCUT2D eigenvalue weighted by Gasteiger charge is -2.02. The van der Waals surface area contributed by atoms with E-state index in [1.807, 2.05) is 23.6 Å². The molecular weight excluding hydrogens is 238 g/mol. The molecule has 84 valence electrons. The molecule has 6 nitrogen and oxygen atoms in total. The van der Waals surface area contributed by atoms with Crippen molar-refractivity contribution in [2.75, 3.05) is 5.43 Å². The number of rotatable bonds is 3. The summed E-state index contributed by atoms with van der Waals surface area (Å²) in [5.74, 6) is -0.499. The van der Waals surface area contributed by atoms with Crippen molar-refractivity contribution in [3.63, 3.8) is 0 Å². The van der Waals surface area contributed by atoms with Gasteiger partial charge in [0.05, 0.1) is 0 Å². The zero-order valence-corrected chi connectivity index (χ0v) is 9.39. The predicted octanol–water partition coefficient (Wildman–Crippen LogP) is 1.02. The number of amides is 1. The first kappa shape index (κ1) is 11.0. The minimum absolute atomic E-state index is 0.0288. The SMILES string of the molecule is N#C/C(=C\c1cccs1)C(=O)Nn1cnnc1. The van der Waals surface area contributed by atoms with Crippen LogP contribution >= 0.6 is 11.3 Å². The second-order valence-electron chi connectivity index (χ2n) is 3.00. The minimum Gasteiger partial charge on any atom is -0.267 e. The number of nitrogens with zero attached hydrogens (tertiary/aromatic N) is 4. The maximum absolute atomic E-state index is 11.7. The lowest BCUT2D eigenvalue weighted by molar-refractivity contribution is -0.113. The van der Waals surface area contributed by atoms with Crippen LogP contribution in [0, 0.1) is 11.3 Å². The van der Waals surface area contributed by atoms with E-state index in [1.54, 1.807) is 0 Å². The Morgan fingerprint density at radius 2 is 2.29 bits per heavy atom. The topological polar surface area (TPSA) is 83.6 Å². The van der Waals surface area contributed by atoms with Crippen LogP contribution < -0.4 is 5.43 Å². The van der Waals surface area contributed by atoms with Crippen LogP contribution in [0.5, 0.6) is 0 Å². The van der Waals surface area contributed by atoms with Gasteiger partial charge in [0.2, 0.25) is 0 Å². The highest BCUT2D eigenvalue weighted by molar-refractivity contribution is 7.10. The Balaban J connectivity index is 2.14. The first-order valence-corrected chi connectivity index (χ1v) is 5.49. The molecule has 1 amide bonds. The Bertz CT molecular complexity index is 564. The number of thiophene rings is 1. The van der Waals surface area contributed by atoms with E-state index in [1.165, 1.54) is 34.7 Å². The molecule has 2 aromatic rings. The van der Waals surface area contributed by atoms with Crippen molar-refractivity contribution in [1.82, 2.24) is 14.9 Å². The van der Waals surface area contributed by atoms with Gasteiger partial charge in [-0.2, -0.15) is 5.26 Å². The molecule has 0 aliphatic carbocycles. The van der Waals surface area contributed by atoms with Crippen molar-refractivity contribution in [2.45, 2.75) is 0 Å². The summed E-state index contributed by atoms with van der Waals surface area (Å²) < 4.78 is 1.28. The zero-order chi connectivity index (χ0) is 12.1. The molecule has 0 radical (unpaired) electrons. The lowest BCUT2D eigenvalue weighted by Crippen LogP contribution is -2.22. The van der Waals surface area contributed by atoms with Crippen LogP contribution in [-0.4, -0.2) is 20.8 Å². The molecule has 0 bridgehead atoms. The van der Waals surface area contributed by atoms with Gasteiger partial charge < -0.3 is 0 Å². The third-order valence-corrected chi connectivity index (χ3v) is 2.66. The smallest absolute Gasteiger partial charge is 0.267 e. The van der Waals surface area contributed by atoms with E-state index in [4.69, 9.17) is 5.26 Å². The van der Waals surface area contributed by atoms with Gasteiger partial charge in [-0.05, 0) is 17.5 Å². The predicted molar refractivity (Wildman–Crippen MR) is 62.3 cm³/mol. The number of nitriles is 1. The highest BCUT2D eigenvalue weighted by Crippen LogP contribution is 2.13. The van der Waals surface area contributed by atoms with Gasteiger partial charge in [-0.15, -0.1) is 21.5 Å². The summed E-state index contributed by atoms with van der Waals surface area (Å²) in [7, 11) is 0. The average molecular weight is 245 g/mol. The Hall–Kier alpha value is -2.46. The van der Waals surface area contributed by atoms with Crippen LogP contribution in [0.3, 0.4) is 0 Å². The average Bonchev–Trinajstić information content (AvgIpc) is 2.97. The highest BCUT2D eigenvalue weighted by Gasteiger charge is 2.09. The summed E-state index contributed by atoms with van der Waals surface area (Å²) in [6, 6.07) is 5.53. The Morgan fingerprint density at radius 3 is 2.88 bits per heavy atom. The molecule has 0 aliphatic heterocycles. The van der Waals surface area contributed by atoms with Gasteiger partial charge in [0.25, 0.3) is 5.91 Å². The molecule has 2 aromatic heterocycles. The van der Waals surface area contributed by atoms with Crippen LogP contribution in [0.1, 0.15) is 4.88 Å². The number of carbonyl (C=O) groups excluding carboxylic acids is 1. The van der Waals surface area contributed by atoms with Gasteiger partial charge in [0, 0.05) is 4.88 Å². The van der Waals surface area contributed by atoms with E-state index in [0.717, 1.165) is 4.88 Å². The quantitative estimate of drug-likeness (QED) is 0.646. The van der Waals surface area contributed by atoms with Crippen LogP contribution in [-0.2, 0) is 4.79 Å². The van der Waals surface area contributed by atoms with Crippen molar-refractivity contribution in [3.05, 3.63) is 40.6 Å². The number of hydrogen-bond donors (Lipinski definition) is 1. The fourth-order valence-electron chi connectivity index (χ4n) is 1.10. The largest absolute Gasteiger partial charge is 0.280 e. The standard InChI is InChI=1S/C10H7N5OS/c11-5-8(4-9-2-1-3-17-9)10(16)14-15-6-12-13-7-15/h1-4,6-7H,(H,14,16)/b8-4+. The molecule has 0 saturated carbocycles. The summed E-state index contributed by atoms with van der Waals surface area (Å²) >= 11 is 1.45. The van der Waals surface area contributed by atoms with E-state index in [9.17, 15) is 4.79 Å². The molecule has 0 saturated heterocycles. The van der Waals surface area contributed by atoms with E-state index >= 15 is 0 Å². The van der Waals surface area contributed by atoms with Gasteiger partial charge >= 0.3 is 0 Å². The third-order valence-electron chi connectivity index (χ3n) is 1.84. The lowest BCUT2D eigenvalue weighted by atomic mass is 10.2. The number of hydrogen-bond acceptors (Lipinski definition) is 5. The Labute approximate surface area is 101 Å². The molecule has 0 spiro atoms. The van der Waals surface area contributed by atoms with Crippen molar-refractivity contribution >= 4 is 23.3 Å². The van der Waals surface area contributed by atoms with E-state index in [2.05, 4.69) is 15.6 Å². The van der Waals surface area contributed by atoms with Gasteiger partial charge in [-0.1, -0.05) is 6.07 Å². The number of aromatic nitrogens is 3. The zero-order valence-electron chi connectivity index (χ0n) is 8.57. The van der Waals surface area contributed by atoms with Crippen molar-refractivity contribution in [2.24, 2.45) is 0 Å². The molecule has 0 fully saturated rings. The van der Waals surface area contributed by atoms with E-state index in [0.29, 0.717) is 0 Å². The fourth-order valence-corrected chi connectivity index (χ4v) is 1.76. The maximum atomic E-state index is 11.7. The van der Waals surface area contributed by atoms with E-state index < -0.39 is 5.91 Å². The third kappa shape index (κ3) is 2.76. The molecule has 0 atom stereocenters. The second-order valence-corrected chi connectivity index (χ2v) is 3.97. The Kier molecular flexibility index (Phi) is 3.28. The van der Waals surface area contributed by atoms with E-state index in [-0.39, 0.29) is 5.57 Å². The molecule has 0 aliphatic rings.